The molecule has 0 spiro atoms. The van der Waals surface area contributed by atoms with Crippen LogP contribution >= 0.6 is 15.9 Å². The first-order chi connectivity index (χ1) is 8.16. The molecule has 2 aromatic rings. The van der Waals surface area contributed by atoms with Gasteiger partial charge in [0.15, 0.2) is 0 Å². The summed E-state index contributed by atoms with van der Waals surface area (Å²) in [5, 5.41) is 9.66. The van der Waals surface area contributed by atoms with Crippen molar-refractivity contribution in [3.8, 4) is 0 Å². The van der Waals surface area contributed by atoms with Gasteiger partial charge in [0.1, 0.15) is 18.0 Å². The van der Waals surface area contributed by atoms with Gasteiger partial charge >= 0.3 is 0 Å². The fraction of sp³-hybridized carbons (Fsp3) is 0.273. The largest absolute Gasteiger partial charge is 0.303 e. The summed E-state index contributed by atoms with van der Waals surface area (Å²) in [6.07, 6.45) is 1.45. The highest BCUT2D eigenvalue weighted by Gasteiger charge is 2.11. The van der Waals surface area contributed by atoms with Gasteiger partial charge in [-0.05, 0) is 25.1 Å². The van der Waals surface area contributed by atoms with E-state index in [2.05, 4.69) is 36.4 Å². The Bertz CT molecular complexity index is 486. The van der Waals surface area contributed by atoms with Gasteiger partial charge in [-0.25, -0.2) is 9.37 Å². The number of nitrogens with zero attached hydrogens (tertiary/aromatic N) is 2. The first-order valence-corrected chi connectivity index (χ1v) is 5.98. The van der Waals surface area contributed by atoms with Crippen molar-refractivity contribution in [2.75, 3.05) is 0 Å². The second-order valence-corrected chi connectivity index (χ2v) is 4.62. The highest BCUT2D eigenvalue weighted by Crippen LogP contribution is 2.21. The summed E-state index contributed by atoms with van der Waals surface area (Å²) in [6, 6.07) is 4.80. The van der Waals surface area contributed by atoms with Crippen LogP contribution in [0.5, 0.6) is 0 Å². The summed E-state index contributed by atoms with van der Waals surface area (Å²) in [6.45, 7) is 2.42. The number of aromatic amines is 1. The van der Waals surface area contributed by atoms with Crippen LogP contribution in [0.15, 0.2) is 29.0 Å². The Hall–Kier alpha value is -1.27. The van der Waals surface area contributed by atoms with Crippen molar-refractivity contribution < 1.29 is 4.39 Å². The van der Waals surface area contributed by atoms with E-state index in [9.17, 15) is 4.39 Å². The van der Waals surface area contributed by atoms with Crippen molar-refractivity contribution in [3.05, 3.63) is 46.2 Å². The molecule has 4 nitrogen and oxygen atoms in total. The van der Waals surface area contributed by atoms with E-state index in [0.29, 0.717) is 12.1 Å². The van der Waals surface area contributed by atoms with Crippen molar-refractivity contribution in [3.63, 3.8) is 0 Å². The van der Waals surface area contributed by atoms with E-state index in [1.54, 1.807) is 12.1 Å². The Morgan fingerprint density at radius 2 is 2.35 bits per heavy atom. The summed E-state index contributed by atoms with van der Waals surface area (Å²) in [5.74, 6) is 0.512. The van der Waals surface area contributed by atoms with E-state index in [1.165, 1.54) is 12.4 Å². The van der Waals surface area contributed by atoms with Crippen LogP contribution in [0.1, 0.15) is 24.4 Å². The molecule has 0 amide bonds. The standard InChI is InChI=1S/C11H12BrFN4/c1-7(14-5-11-15-6-16-17-11)9-4-8(12)2-3-10(9)13/h2-4,6-7,14H,5H2,1H3,(H,15,16,17). The summed E-state index contributed by atoms with van der Waals surface area (Å²) in [5.41, 5.74) is 0.624. The average Bonchev–Trinajstić information content (AvgIpc) is 2.82. The van der Waals surface area contributed by atoms with Crippen LogP contribution in [0.3, 0.4) is 0 Å². The number of halogens is 2. The highest BCUT2D eigenvalue weighted by molar-refractivity contribution is 9.10. The summed E-state index contributed by atoms with van der Waals surface area (Å²) in [7, 11) is 0. The van der Waals surface area contributed by atoms with Crippen LogP contribution in [0.2, 0.25) is 0 Å². The normalized spacial score (nSPS) is 12.6. The third-order valence-electron chi connectivity index (χ3n) is 2.47. The number of hydrogen-bond acceptors (Lipinski definition) is 3. The molecule has 0 aliphatic rings. The van der Waals surface area contributed by atoms with E-state index in [4.69, 9.17) is 0 Å². The molecule has 0 aliphatic carbocycles. The predicted molar refractivity (Wildman–Crippen MR) is 65.7 cm³/mol. The van der Waals surface area contributed by atoms with E-state index in [-0.39, 0.29) is 11.9 Å². The monoisotopic (exact) mass is 298 g/mol. The maximum Gasteiger partial charge on any atom is 0.138 e. The van der Waals surface area contributed by atoms with Gasteiger partial charge < -0.3 is 5.32 Å². The molecule has 0 aliphatic heterocycles. The van der Waals surface area contributed by atoms with Gasteiger partial charge in [-0.2, -0.15) is 5.10 Å². The molecule has 0 saturated carbocycles. The number of rotatable bonds is 4. The first kappa shape index (κ1) is 12.2. The lowest BCUT2D eigenvalue weighted by molar-refractivity contribution is 0.520. The molecule has 17 heavy (non-hydrogen) atoms. The quantitative estimate of drug-likeness (QED) is 0.912. The minimum Gasteiger partial charge on any atom is -0.303 e. The highest BCUT2D eigenvalue weighted by atomic mass is 79.9. The third-order valence-corrected chi connectivity index (χ3v) is 2.96. The minimum absolute atomic E-state index is 0.0994. The molecule has 2 rings (SSSR count). The maximum absolute atomic E-state index is 13.6. The van der Waals surface area contributed by atoms with Crippen LogP contribution in [-0.2, 0) is 6.54 Å². The smallest absolute Gasteiger partial charge is 0.138 e. The molecule has 1 aromatic heterocycles. The van der Waals surface area contributed by atoms with Crippen LogP contribution in [-0.4, -0.2) is 15.2 Å². The lowest BCUT2D eigenvalue weighted by Gasteiger charge is -2.14. The van der Waals surface area contributed by atoms with E-state index in [1.807, 2.05) is 6.92 Å². The second-order valence-electron chi connectivity index (χ2n) is 3.70. The number of hydrogen-bond donors (Lipinski definition) is 2. The molecule has 90 valence electrons. The molecule has 1 heterocycles. The molecule has 1 aromatic carbocycles. The fourth-order valence-electron chi connectivity index (χ4n) is 1.52. The average molecular weight is 299 g/mol. The Morgan fingerprint density at radius 1 is 1.53 bits per heavy atom. The van der Waals surface area contributed by atoms with Gasteiger partial charge in [0.2, 0.25) is 0 Å². The van der Waals surface area contributed by atoms with Gasteiger partial charge in [0.25, 0.3) is 0 Å². The zero-order chi connectivity index (χ0) is 12.3. The zero-order valence-corrected chi connectivity index (χ0v) is 10.8. The zero-order valence-electron chi connectivity index (χ0n) is 9.24. The molecule has 1 atom stereocenters. The van der Waals surface area contributed by atoms with Gasteiger partial charge in [-0.1, -0.05) is 15.9 Å². The van der Waals surface area contributed by atoms with Crippen molar-refractivity contribution >= 4 is 15.9 Å². The summed E-state index contributed by atoms with van der Waals surface area (Å²) < 4.78 is 14.5. The van der Waals surface area contributed by atoms with Gasteiger partial charge in [0, 0.05) is 16.1 Å². The minimum atomic E-state index is -0.217. The second kappa shape index (κ2) is 5.37. The molecule has 0 fully saturated rings. The molecular formula is C11H12BrFN4. The van der Waals surface area contributed by atoms with E-state index in [0.717, 1.165) is 10.3 Å². The molecule has 2 N–H and O–H groups in total. The van der Waals surface area contributed by atoms with Crippen molar-refractivity contribution in [1.82, 2.24) is 20.5 Å². The molecule has 0 bridgehead atoms. The Morgan fingerprint density at radius 3 is 3.06 bits per heavy atom. The Balaban J connectivity index is 2.04. The molecule has 0 saturated heterocycles. The van der Waals surface area contributed by atoms with Gasteiger partial charge in [-0.15, -0.1) is 0 Å². The molecular weight excluding hydrogens is 287 g/mol. The predicted octanol–water partition coefficient (Wildman–Crippen LogP) is 2.56. The lowest BCUT2D eigenvalue weighted by atomic mass is 10.1. The maximum atomic E-state index is 13.6. The van der Waals surface area contributed by atoms with Crippen molar-refractivity contribution in [2.45, 2.75) is 19.5 Å². The van der Waals surface area contributed by atoms with Crippen LogP contribution in [0.4, 0.5) is 4.39 Å². The fourth-order valence-corrected chi connectivity index (χ4v) is 1.90. The van der Waals surface area contributed by atoms with Gasteiger partial charge in [-0.3, -0.25) is 5.10 Å². The first-order valence-electron chi connectivity index (χ1n) is 5.19. The van der Waals surface area contributed by atoms with Crippen LogP contribution in [0.25, 0.3) is 0 Å². The number of benzene rings is 1. The Labute approximate surface area is 107 Å². The summed E-state index contributed by atoms with van der Waals surface area (Å²) in [4.78, 5) is 3.99. The Kier molecular flexibility index (Phi) is 3.86. The number of aromatic nitrogens is 3. The van der Waals surface area contributed by atoms with Crippen molar-refractivity contribution in [2.24, 2.45) is 0 Å². The number of H-pyrrole nitrogens is 1. The molecule has 6 heteroatoms. The number of nitrogens with one attached hydrogen (secondary N) is 2. The molecule has 1 unspecified atom stereocenters. The van der Waals surface area contributed by atoms with Gasteiger partial charge in [0.05, 0.1) is 6.54 Å². The van der Waals surface area contributed by atoms with Crippen LogP contribution < -0.4 is 5.32 Å². The lowest BCUT2D eigenvalue weighted by Crippen LogP contribution is -2.19. The van der Waals surface area contributed by atoms with E-state index >= 15 is 0 Å². The van der Waals surface area contributed by atoms with Crippen LogP contribution in [0, 0.1) is 5.82 Å². The van der Waals surface area contributed by atoms with E-state index < -0.39 is 0 Å². The third kappa shape index (κ3) is 3.10. The summed E-state index contributed by atoms with van der Waals surface area (Å²) >= 11 is 3.33. The SMILES string of the molecule is CC(NCc1ncn[nH]1)c1cc(Br)ccc1F. The van der Waals surface area contributed by atoms with Crippen molar-refractivity contribution in [1.29, 1.82) is 0 Å². The topological polar surface area (TPSA) is 53.6 Å². The molecule has 0 radical (unpaired) electrons.